The van der Waals surface area contributed by atoms with E-state index in [2.05, 4.69) is 12.1 Å². The summed E-state index contributed by atoms with van der Waals surface area (Å²) < 4.78 is 2.02. The molecule has 4 saturated carbocycles. The summed E-state index contributed by atoms with van der Waals surface area (Å²) in [6.45, 7) is 3.98. The lowest BCUT2D eigenvalue weighted by molar-refractivity contribution is -0.0110. The number of hydrogen-bond acceptors (Lipinski definition) is 3. The van der Waals surface area contributed by atoms with E-state index >= 15 is 0 Å². The van der Waals surface area contributed by atoms with Gasteiger partial charge in [-0.25, -0.2) is 4.98 Å². The Morgan fingerprint density at radius 3 is 2.00 bits per heavy atom. The molecule has 1 aromatic heterocycles. The predicted molar refractivity (Wildman–Crippen MR) is 78.1 cm³/mol. The normalized spacial score (nSPS) is 39.5. The van der Waals surface area contributed by atoms with E-state index in [9.17, 15) is 0 Å². The van der Waals surface area contributed by atoms with Crippen LogP contribution in [-0.2, 0) is 18.0 Å². The molecule has 4 nitrogen and oxygen atoms in total. The van der Waals surface area contributed by atoms with E-state index in [0.717, 1.165) is 23.6 Å². The first-order chi connectivity index (χ1) is 9.36. The summed E-state index contributed by atoms with van der Waals surface area (Å²) in [6.07, 6.45) is 8.38. The fourth-order valence-corrected chi connectivity index (χ4v) is 5.50. The second-order valence-corrected chi connectivity index (χ2v) is 8.30. The number of nitrogens with zero attached hydrogens (tertiary/aromatic N) is 3. The number of hydrogen-bond donors (Lipinski definition) is 1. The summed E-state index contributed by atoms with van der Waals surface area (Å²) in [6, 6.07) is 0. The molecule has 0 saturated heterocycles. The van der Waals surface area contributed by atoms with Crippen molar-refractivity contribution in [3.8, 4) is 0 Å². The van der Waals surface area contributed by atoms with Gasteiger partial charge in [-0.15, -0.1) is 0 Å². The van der Waals surface area contributed by atoms with Crippen LogP contribution in [0.1, 0.15) is 64.0 Å². The van der Waals surface area contributed by atoms with E-state index < -0.39 is 5.54 Å². The van der Waals surface area contributed by atoms with Crippen LogP contribution in [0.25, 0.3) is 0 Å². The van der Waals surface area contributed by atoms with Crippen LogP contribution in [0.2, 0.25) is 0 Å². The molecular weight excluding hydrogens is 248 g/mol. The van der Waals surface area contributed by atoms with Crippen molar-refractivity contribution in [2.75, 3.05) is 0 Å². The summed E-state index contributed by atoms with van der Waals surface area (Å²) in [5, 5.41) is 4.62. The molecule has 4 heteroatoms. The molecular formula is C16H26N4. The zero-order valence-corrected chi connectivity index (χ0v) is 12.9. The molecule has 0 aromatic carbocycles. The number of aromatic nitrogens is 3. The Kier molecular flexibility index (Phi) is 2.46. The lowest BCUT2D eigenvalue weighted by Crippen LogP contribution is -2.49. The highest BCUT2D eigenvalue weighted by Gasteiger charge is 2.53. The Hall–Kier alpha value is -0.900. The maximum Gasteiger partial charge on any atom is 0.170 e. The van der Waals surface area contributed by atoms with Gasteiger partial charge in [0.15, 0.2) is 5.82 Å². The summed E-state index contributed by atoms with van der Waals surface area (Å²) in [5.41, 5.74) is 6.05. The van der Waals surface area contributed by atoms with Crippen molar-refractivity contribution < 1.29 is 0 Å². The molecule has 0 atom stereocenters. The van der Waals surface area contributed by atoms with E-state index in [1.54, 1.807) is 0 Å². The van der Waals surface area contributed by atoms with Crippen molar-refractivity contribution in [2.24, 2.45) is 30.5 Å². The van der Waals surface area contributed by atoms with Crippen molar-refractivity contribution in [3.63, 3.8) is 0 Å². The molecule has 110 valence electrons. The molecule has 0 unspecified atom stereocenters. The van der Waals surface area contributed by atoms with Crippen molar-refractivity contribution >= 4 is 0 Å². The second kappa shape index (κ2) is 3.85. The Morgan fingerprint density at radius 1 is 1.10 bits per heavy atom. The third kappa shape index (κ3) is 1.77. The van der Waals surface area contributed by atoms with Gasteiger partial charge in [0.1, 0.15) is 5.82 Å². The third-order valence-corrected chi connectivity index (χ3v) is 5.85. The fraction of sp³-hybridized carbons (Fsp3) is 0.875. The molecule has 4 aliphatic carbocycles. The summed E-state index contributed by atoms with van der Waals surface area (Å²) in [7, 11) is 2.05. The second-order valence-electron chi connectivity index (χ2n) is 8.30. The van der Waals surface area contributed by atoms with E-state index in [0.29, 0.717) is 5.41 Å². The highest BCUT2D eigenvalue weighted by molar-refractivity contribution is 5.19. The first-order valence-corrected chi connectivity index (χ1v) is 8.07. The van der Waals surface area contributed by atoms with Crippen LogP contribution in [0, 0.1) is 17.8 Å². The highest BCUT2D eigenvalue weighted by Crippen LogP contribution is 2.60. The van der Waals surface area contributed by atoms with Crippen LogP contribution in [0.5, 0.6) is 0 Å². The van der Waals surface area contributed by atoms with Gasteiger partial charge in [-0.2, -0.15) is 5.10 Å². The van der Waals surface area contributed by atoms with Crippen LogP contribution < -0.4 is 5.73 Å². The predicted octanol–water partition coefficient (Wildman–Crippen LogP) is 2.48. The maximum absolute atomic E-state index is 6.19. The van der Waals surface area contributed by atoms with Crippen molar-refractivity contribution in [2.45, 2.75) is 63.3 Å². The monoisotopic (exact) mass is 274 g/mol. The molecule has 5 rings (SSSR count). The molecule has 4 aliphatic rings. The van der Waals surface area contributed by atoms with E-state index in [4.69, 9.17) is 10.7 Å². The van der Waals surface area contributed by atoms with E-state index in [1.807, 2.05) is 18.5 Å². The van der Waals surface area contributed by atoms with Gasteiger partial charge in [-0.3, -0.25) is 4.68 Å². The minimum atomic E-state index is -0.446. The Labute approximate surface area is 121 Å². The van der Waals surface area contributed by atoms with Crippen LogP contribution in [0.3, 0.4) is 0 Å². The van der Waals surface area contributed by atoms with Crippen LogP contribution in [0.15, 0.2) is 0 Å². The Bertz CT molecular complexity index is 502. The highest BCUT2D eigenvalue weighted by atomic mass is 15.3. The molecule has 0 spiro atoms. The topological polar surface area (TPSA) is 56.7 Å². The van der Waals surface area contributed by atoms with Crippen LogP contribution in [0.4, 0.5) is 0 Å². The van der Waals surface area contributed by atoms with Gasteiger partial charge in [-0.05, 0) is 70.1 Å². The zero-order chi connectivity index (χ0) is 14.1. The first-order valence-electron chi connectivity index (χ1n) is 8.07. The van der Waals surface area contributed by atoms with Gasteiger partial charge in [0.2, 0.25) is 0 Å². The maximum atomic E-state index is 6.19. The van der Waals surface area contributed by atoms with Gasteiger partial charge in [0, 0.05) is 12.5 Å². The smallest absolute Gasteiger partial charge is 0.170 e. The minimum Gasteiger partial charge on any atom is -0.319 e. The van der Waals surface area contributed by atoms with Gasteiger partial charge in [0.25, 0.3) is 0 Å². The van der Waals surface area contributed by atoms with E-state index in [1.165, 1.54) is 44.3 Å². The zero-order valence-electron chi connectivity index (χ0n) is 12.9. The fourth-order valence-electron chi connectivity index (χ4n) is 5.50. The molecule has 0 aliphatic heterocycles. The molecule has 0 amide bonds. The summed E-state index contributed by atoms with van der Waals surface area (Å²) >= 11 is 0. The average molecular weight is 274 g/mol. The molecule has 2 N–H and O–H groups in total. The van der Waals surface area contributed by atoms with Gasteiger partial charge < -0.3 is 5.73 Å². The van der Waals surface area contributed by atoms with E-state index in [-0.39, 0.29) is 0 Å². The number of rotatable bonds is 2. The quantitative estimate of drug-likeness (QED) is 0.901. The lowest BCUT2D eigenvalue weighted by Gasteiger charge is -2.56. The summed E-state index contributed by atoms with van der Waals surface area (Å²) in [4.78, 5) is 4.90. The number of aryl methyl sites for hydroxylation is 1. The third-order valence-electron chi connectivity index (χ3n) is 5.85. The van der Waals surface area contributed by atoms with Gasteiger partial charge >= 0.3 is 0 Å². The van der Waals surface area contributed by atoms with Crippen LogP contribution >= 0.6 is 0 Å². The van der Waals surface area contributed by atoms with Gasteiger partial charge in [0.05, 0.1) is 5.54 Å². The van der Waals surface area contributed by atoms with Crippen molar-refractivity contribution in [1.29, 1.82) is 0 Å². The molecule has 0 radical (unpaired) electrons. The molecule has 1 heterocycles. The lowest BCUT2D eigenvalue weighted by atomic mass is 9.49. The minimum absolute atomic E-state index is 0.306. The van der Waals surface area contributed by atoms with Crippen molar-refractivity contribution in [1.82, 2.24) is 14.8 Å². The Morgan fingerprint density at radius 2 is 1.60 bits per heavy atom. The number of nitrogens with two attached hydrogens (primary N) is 1. The standard InChI is InChI=1S/C16H26N4/c1-15(2,17)13-18-14(20(3)19-13)16-7-10-4-11(8-16)6-12(5-10)9-16/h10-12H,4-9,17H2,1-3H3. The average Bonchev–Trinajstić information content (AvgIpc) is 2.69. The SMILES string of the molecule is Cn1nc(C(C)(C)N)nc1C12CC3CC(CC(C3)C1)C2. The molecule has 1 aromatic rings. The largest absolute Gasteiger partial charge is 0.319 e. The van der Waals surface area contributed by atoms with Gasteiger partial charge in [-0.1, -0.05) is 0 Å². The van der Waals surface area contributed by atoms with Crippen LogP contribution in [-0.4, -0.2) is 14.8 Å². The Balaban J connectivity index is 1.76. The molecule has 20 heavy (non-hydrogen) atoms. The molecule has 4 fully saturated rings. The first kappa shape index (κ1) is 12.8. The summed E-state index contributed by atoms with van der Waals surface area (Å²) in [5.74, 6) is 4.82. The molecule has 4 bridgehead atoms. The van der Waals surface area contributed by atoms with Crippen molar-refractivity contribution in [3.05, 3.63) is 11.6 Å².